The van der Waals surface area contributed by atoms with Gasteiger partial charge in [-0.05, 0) is 65.2 Å². The summed E-state index contributed by atoms with van der Waals surface area (Å²) < 4.78 is 5.42. The normalized spacial score (nSPS) is 13.1. The molecule has 35 heavy (non-hydrogen) atoms. The number of likely N-dealkylation sites (N-methyl/N-ethyl adjacent to an activating group) is 1. The van der Waals surface area contributed by atoms with Crippen LogP contribution in [0.1, 0.15) is 62.9 Å². The van der Waals surface area contributed by atoms with Crippen molar-refractivity contribution in [1.82, 2.24) is 15.5 Å². The number of ether oxygens (including phenoxy) is 1. The summed E-state index contributed by atoms with van der Waals surface area (Å²) in [6.07, 6.45) is -0.427. The second-order valence-electron chi connectivity index (χ2n) is 10.3. The first-order chi connectivity index (χ1) is 16.3. The van der Waals surface area contributed by atoms with Crippen molar-refractivity contribution in [3.63, 3.8) is 0 Å². The lowest BCUT2D eigenvalue weighted by molar-refractivity contribution is -0.141. The van der Waals surface area contributed by atoms with E-state index in [1.807, 2.05) is 76.2 Å². The lowest BCUT2D eigenvalue weighted by Crippen LogP contribution is -2.53. The maximum atomic E-state index is 13.8. The van der Waals surface area contributed by atoms with Crippen LogP contribution in [0.5, 0.6) is 0 Å². The number of hydrogen-bond acceptors (Lipinski definition) is 4. The molecule has 0 bridgehead atoms. The second-order valence-corrected chi connectivity index (χ2v) is 10.3. The van der Waals surface area contributed by atoms with Gasteiger partial charge in [0.05, 0.1) is 0 Å². The van der Waals surface area contributed by atoms with Gasteiger partial charge in [0.1, 0.15) is 17.7 Å². The number of benzene rings is 2. The largest absolute Gasteiger partial charge is 0.444 e. The lowest BCUT2D eigenvalue weighted by atomic mass is 9.96. The molecule has 0 radical (unpaired) electrons. The van der Waals surface area contributed by atoms with Crippen LogP contribution >= 0.6 is 0 Å². The van der Waals surface area contributed by atoms with Gasteiger partial charge in [-0.3, -0.25) is 9.59 Å². The Morgan fingerprint density at radius 3 is 2.17 bits per heavy atom. The Kier molecular flexibility index (Phi) is 9.46. The Morgan fingerprint density at radius 1 is 0.971 bits per heavy atom. The average molecular weight is 482 g/mol. The molecule has 2 rings (SSSR count). The van der Waals surface area contributed by atoms with Crippen LogP contribution in [0.15, 0.2) is 48.5 Å². The van der Waals surface area contributed by atoms with Gasteiger partial charge in [-0.25, -0.2) is 4.79 Å². The number of nitrogens with one attached hydrogen (secondary N) is 2. The number of carbonyl (C=O) groups is 3. The molecular formula is C28H39N3O4. The van der Waals surface area contributed by atoms with E-state index in [0.29, 0.717) is 0 Å². The third kappa shape index (κ3) is 8.42. The first-order valence-corrected chi connectivity index (χ1v) is 12.0. The molecule has 2 unspecified atom stereocenters. The zero-order valence-electron chi connectivity index (χ0n) is 22.1. The quantitative estimate of drug-likeness (QED) is 0.583. The van der Waals surface area contributed by atoms with Gasteiger partial charge in [0.2, 0.25) is 11.8 Å². The smallest absolute Gasteiger partial charge is 0.408 e. The standard InChI is InChI=1S/C28H39N3O4/c1-18(2)29-25(32)24(22-16-19(3)14-15-20(22)4)31(8)26(33)23(17-21-12-10-9-11-13-21)30-27(34)35-28(5,6)7/h9-16,18,23-24H,17H2,1-8H3,(H,29,32)(H,30,34). The number of carbonyl (C=O) groups excluding carboxylic acids is 3. The number of amides is 3. The van der Waals surface area contributed by atoms with Crippen LogP contribution in [0, 0.1) is 13.8 Å². The fourth-order valence-corrected chi connectivity index (χ4v) is 3.82. The van der Waals surface area contributed by atoms with Gasteiger partial charge in [0.15, 0.2) is 0 Å². The predicted molar refractivity (Wildman–Crippen MR) is 138 cm³/mol. The Morgan fingerprint density at radius 2 is 1.60 bits per heavy atom. The minimum absolute atomic E-state index is 0.0985. The molecule has 7 heteroatoms. The van der Waals surface area contributed by atoms with E-state index in [4.69, 9.17) is 4.74 Å². The predicted octanol–water partition coefficient (Wildman–Crippen LogP) is 4.46. The molecule has 0 spiro atoms. The molecule has 0 saturated carbocycles. The maximum Gasteiger partial charge on any atom is 0.408 e. The van der Waals surface area contributed by atoms with Crippen LogP contribution in [-0.2, 0) is 20.7 Å². The molecule has 2 N–H and O–H groups in total. The summed E-state index contributed by atoms with van der Waals surface area (Å²) in [5.74, 6) is -0.662. The molecule has 0 saturated heterocycles. The van der Waals surface area contributed by atoms with Gasteiger partial charge in [-0.15, -0.1) is 0 Å². The SMILES string of the molecule is Cc1ccc(C)c(C(C(=O)NC(C)C)N(C)C(=O)C(Cc2ccccc2)NC(=O)OC(C)(C)C)c1. The van der Waals surface area contributed by atoms with Gasteiger partial charge in [-0.1, -0.05) is 54.1 Å². The van der Waals surface area contributed by atoms with Gasteiger partial charge in [0.25, 0.3) is 0 Å². The molecule has 0 aliphatic rings. The molecule has 7 nitrogen and oxygen atoms in total. The van der Waals surface area contributed by atoms with Crippen molar-refractivity contribution in [2.45, 2.75) is 78.6 Å². The number of aryl methyl sites for hydroxylation is 2. The minimum atomic E-state index is -0.920. The molecule has 0 aliphatic carbocycles. The van der Waals surface area contributed by atoms with E-state index in [1.54, 1.807) is 27.8 Å². The number of alkyl carbamates (subject to hydrolysis) is 1. The van der Waals surface area contributed by atoms with E-state index in [1.165, 1.54) is 4.90 Å². The van der Waals surface area contributed by atoms with Crippen LogP contribution in [0.3, 0.4) is 0 Å². The summed E-state index contributed by atoms with van der Waals surface area (Å²) in [6.45, 7) is 12.9. The van der Waals surface area contributed by atoms with E-state index >= 15 is 0 Å². The van der Waals surface area contributed by atoms with Gasteiger partial charge < -0.3 is 20.3 Å². The molecule has 0 fully saturated rings. The molecule has 3 amide bonds. The van der Waals surface area contributed by atoms with Crippen molar-refractivity contribution in [1.29, 1.82) is 0 Å². The van der Waals surface area contributed by atoms with Crippen molar-refractivity contribution in [3.8, 4) is 0 Å². The van der Waals surface area contributed by atoms with Crippen molar-refractivity contribution < 1.29 is 19.1 Å². The maximum absolute atomic E-state index is 13.8. The van der Waals surface area contributed by atoms with Crippen LogP contribution in [0.2, 0.25) is 0 Å². The van der Waals surface area contributed by atoms with Crippen molar-refractivity contribution in [2.24, 2.45) is 0 Å². The molecule has 0 aromatic heterocycles. The molecule has 0 aliphatic heterocycles. The second kappa shape index (κ2) is 11.9. The summed E-state index contributed by atoms with van der Waals surface area (Å²) in [6, 6.07) is 13.4. The van der Waals surface area contributed by atoms with E-state index in [2.05, 4.69) is 10.6 Å². The Hall–Kier alpha value is -3.35. The van der Waals surface area contributed by atoms with Crippen molar-refractivity contribution in [2.75, 3.05) is 7.05 Å². The monoisotopic (exact) mass is 481 g/mol. The summed E-state index contributed by atoms with van der Waals surface area (Å²) in [5.41, 5.74) is 2.80. The van der Waals surface area contributed by atoms with Crippen molar-refractivity contribution >= 4 is 17.9 Å². The Labute approximate surface area is 209 Å². The van der Waals surface area contributed by atoms with Crippen LogP contribution in [0.4, 0.5) is 4.79 Å². The van der Waals surface area contributed by atoms with E-state index in [-0.39, 0.29) is 24.3 Å². The topological polar surface area (TPSA) is 87.7 Å². The lowest BCUT2D eigenvalue weighted by Gasteiger charge is -2.33. The third-order valence-corrected chi connectivity index (χ3v) is 5.42. The Bertz CT molecular complexity index is 1030. The van der Waals surface area contributed by atoms with Crippen LogP contribution in [-0.4, -0.2) is 47.5 Å². The number of hydrogen-bond donors (Lipinski definition) is 2. The molecule has 2 aromatic carbocycles. The minimum Gasteiger partial charge on any atom is -0.444 e. The van der Waals surface area contributed by atoms with E-state index in [9.17, 15) is 14.4 Å². The number of nitrogens with zero attached hydrogens (tertiary/aromatic N) is 1. The number of rotatable bonds is 8. The molecule has 190 valence electrons. The van der Waals surface area contributed by atoms with Crippen LogP contribution in [0.25, 0.3) is 0 Å². The fourth-order valence-electron chi connectivity index (χ4n) is 3.82. The fraction of sp³-hybridized carbons (Fsp3) is 0.464. The zero-order chi connectivity index (χ0) is 26.3. The highest BCUT2D eigenvalue weighted by molar-refractivity contribution is 5.92. The van der Waals surface area contributed by atoms with E-state index < -0.39 is 23.8 Å². The summed E-state index contributed by atoms with van der Waals surface area (Å²) in [5, 5.41) is 5.67. The zero-order valence-corrected chi connectivity index (χ0v) is 22.1. The van der Waals surface area contributed by atoms with Gasteiger partial charge in [-0.2, -0.15) is 0 Å². The summed E-state index contributed by atoms with van der Waals surface area (Å²) in [7, 11) is 1.60. The van der Waals surface area contributed by atoms with Gasteiger partial charge >= 0.3 is 6.09 Å². The summed E-state index contributed by atoms with van der Waals surface area (Å²) in [4.78, 5) is 41.2. The van der Waals surface area contributed by atoms with Crippen LogP contribution < -0.4 is 10.6 Å². The average Bonchev–Trinajstić information content (AvgIpc) is 2.74. The third-order valence-electron chi connectivity index (χ3n) is 5.42. The van der Waals surface area contributed by atoms with Gasteiger partial charge in [0, 0.05) is 19.5 Å². The highest BCUT2D eigenvalue weighted by Crippen LogP contribution is 2.26. The Balaban J connectivity index is 2.44. The highest BCUT2D eigenvalue weighted by Gasteiger charge is 2.35. The molecular weight excluding hydrogens is 442 g/mol. The molecule has 2 aromatic rings. The van der Waals surface area contributed by atoms with E-state index in [0.717, 1.165) is 22.3 Å². The highest BCUT2D eigenvalue weighted by atomic mass is 16.6. The van der Waals surface area contributed by atoms with Crippen molar-refractivity contribution in [3.05, 3.63) is 70.8 Å². The molecule has 2 atom stereocenters. The molecule has 0 heterocycles. The first-order valence-electron chi connectivity index (χ1n) is 12.0. The summed E-state index contributed by atoms with van der Waals surface area (Å²) >= 11 is 0. The first kappa shape index (κ1) is 27.9.